The van der Waals surface area contributed by atoms with Crippen LogP contribution in [0.15, 0.2) is 53.4 Å². The van der Waals surface area contributed by atoms with Crippen LogP contribution < -0.4 is 0 Å². The number of thioether (sulfide) groups is 1. The molecule has 0 N–H and O–H groups in total. The predicted molar refractivity (Wildman–Crippen MR) is 136 cm³/mol. The molecule has 1 aliphatic rings. The molecular formula is C24H20ClIN2O2S. The number of hydrogen-bond donors (Lipinski definition) is 0. The first-order valence-corrected chi connectivity index (χ1v) is 12.0. The molecule has 158 valence electrons. The van der Waals surface area contributed by atoms with E-state index in [1.54, 1.807) is 12.1 Å². The summed E-state index contributed by atoms with van der Waals surface area (Å²) in [6.45, 7) is 6.41. The van der Waals surface area contributed by atoms with Gasteiger partial charge in [-0.15, -0.1) is 0 Å². The number of aryl methyl sites for hydroxylation is 2. The van der Waals surface area contributed by atoms with Gasteiger partial charge in [-0.05, 0) is 114 Å². The van der Waals surface area contributed by atoms with Crippen LogP contribution in [0.2, 0.25) is 5.02 Å². The maximum atomic E-state index is 12.9. The first-order chi connectivity index (χ1) is 14.7. The van der Waals surface area contributed by atoms with Crippen LogP contribution in [0.1, 0.15) is 28.1 Å². The Morgan fingerprint density at radius 2 is 1.74 bits per heavy atom. The number of nitrogens with zero attached hydrogens (tertiary/aromatic N) is 2. The zero-order chi connectivity index (χ0) is 22.3. The molecule has 1 fully saturated rings. The van der Waals surface area contributed by atoms with Crippen LogP contribution in [0.25, 0.3) is 11.8 Å². The molecule has 31 heavy (non-hydrogen) atoms. The van der Waals surface area contributed by atoms with Crippen LogP contribution >= 0.6 is 46.0 Å². The summed E-state index contributed by atoms with van der Waals surface area (Å²) in [4.78, 5) is 27.2. The number of aromatic nitrogens is 1. The van der Waals surface area contributed by atoms with Crippen molar-refractivity contribution in [3.05, 3.63) is 90.1 Å². The number of hydrogen-bond acceptors (Lipinski definition) is 3. The smallest absolute Gasteiger partial charge is 0.293 e. The third-order valence-corrected chi connectivity index (χ3v) is 7.65. The van der Waals surface area contributed by atoms with Crippen LogP contribution in [0.3, 0.4) is 0 Å². The zero-order valence-corrected chi connectivity index (χ0v) is 21.0. The number of carbonyl (C=O) groups is 2. The van der Waals surface area contributed by atoms with Gasteiger partial charge in [0.15, 0.2) is 0 Å². The maximum absolute atomic E-state index is 12.9. The van der Waals surface area contributed by atoms with Gasteiger partial charge >= 0.3 is 0 Å². The van der Waals surface area contributed by atoms with Gasteiger partial charge in [0.1, 0.15) is 0 Å². The lowest BCUT2D eigenvalue weighted by molar-refractivity contribution is -0.123. The van der Waals surface area contributed by atoms with Gasteiger partial charge in [-0.2, -0.15) is 0 Å². The average molecular weight is 563 g/mol. The summed E-state index contributed by atoms with van der Waals surface area (Å²) < 4.78 is 3.39. The largest absolute Gasteiger partial charge is 0.318 e. The minimum atomic E-state index is -0.264. The molecule has 0 aliphatic carbocycles. The van der Waals surface area contributed by atoms with E-state index in [1.165, 1.54) is 14.0 Å². The average Bonchev–Trinajstić information content (AvgIpc) is 3.15. The lowest BCUT2D eigenvalue weighted by Crippen LogP contribution is -2.27. The minimum absolute atomic E-state index is 0.236. The molecule has 0 radical (unpaired) electrons. The molecule has 1 aromatic heterocycles. The Labute approximate surface area is 204 Å². The molecule has 0 spiro atoms. The van der Waals surface area contributed by atoms with Crippen molar-refractivity contribution in [1.82, 2.24) is 9.47 Å². The fraction of sp³-hybridized carbons (Fsp3) is 0.167. The van der Waals surface area contributed by atoms with Crippen LogP contribution in [-0.4, -0.2) is 20.6 Å². The molecule has 2 heterocycles. The highest BCUT2D eigenvalue weighted by Gasteiger charge is 2.35. The highest BCUT2D eigenvalue weighted by atomic mass is 127. The van der Waals surface area contributed by atoms with E-state index in [0.29, 0.717) is 9.93 Å². The van der Waals surface area contributed by atoms with E-state index >= 15 is 0 Å². The molecule has 0 bridgehead atoms. The van der Waals surface area contributed by atoms with Crippen molar-refractivity contribution < 1.29 is 9.59 Å². The van der Waals surface area contributed by atoms with Crippen molar-refractivity contribution in [3.63, 3.8) is 0 Å². The van der Waals surface area contributed by atoms with Gasteiger partial charge in [0.25, 0.3) is 11.1 Å². The Balaban J connectivity index is 1.63. The highest BCUT2D eigenvalue weighted by Crippen LogP contribution is 2.35. The first-order valence-electron chi connectivity index (χ1n) is 9.70. The van der Waals surface area contributed by atoms with Crippen molar-refractivity contribution >= 4 is 63.2 Å². The van der Waals surface area contributed by atoms with Gasteiger partial charge in [0.2, 0.25) is 0 Å². The first kappa shape index (κ1) is 22.2. The van der Waals surface area contributed by atoms with Crippen molar-refractivity contribution in [3.8, 4) is 5.69 Å². The Kier molecular flexibility index (Phi) is 6.32. The minimum Gasteiger partial charge on any atom is -0.318 e. The number of carbonyl (C=O) groups excluding carboxylic acids is 2. The van der Waals surface area contributed by atoms with E-state index in [4.69, 9.17) is 11.6 Å². The molecule has 4 nitrogen and oxygen atoms in total. The summed E-state index contributed by atoms with van der Waals surface area (Å²) in [6, 6.07) is 15.6. The molecular weight excluding hydrogens is 543 g/mol. The number of rotatable bonds is 4. The van der Waals surface area contributed by atoms with Crippen LogP contribution in [0, 0.1) is 24.3 Å². The van der Waals surface area contributed by atoms with Crippen LogP contribution in [0.5, 0.6) is 0 Å². The van der Waals surface area contributed by atoms with Gasteiger partial charge in [-0.25, -0.2) is 0 Å². The van der Waals surface area contributed by atoms with Gasteiger partial charge in [-0.1, -0.05) is 23.7 Å². The molecule has 1 saturated heterocycles. The Morgan fingerprint density at radius 1 is 1.03 bits per heavy atom. The zero-order valence-electron chi connectivity index (χ0n) is 17.3. The molecule has 2 aromatic carbocycles. The summed E-state index contributed by atoms with van der Waals surface area (Å²) in [5, 5.41) is 0.365. The predicted octanol–water partition coefficient (Wildman–Crippen LogP) is 6.90. The Bertz CT molecular complexity index is 1230. The number of halogens is 2. The lowest BCUT2D eigenvalue weighted by Gasteiger charge is -2.12. The molecule has 7 heteroatoms. The van der Waals surface area contributed by atoms with Crippen molar-refractivity contribution in [2.75, 3.05) is 0 Å². The third-order valence-electron chi connectivity index (χ3n) is 5.28. The van der Waals surface area contributed by atoms with Crippen LogP contribution in [-0.2, 0) is 11.3 Å². The van der Waals surface area contributed by atoms with Crippen LogP contribution in [0.4, 0.5) is 4.79 Å². The second kappa shape index (κ2) is 8.84. The maximum Gasteiger partial charge on any atom is 0.293 e. The van der Waals surface area contributed by atoms with Gasteiger partial charge in [0.05, 0.1) is 11.4 Å². The third kappa shape index (κ3) is 4.47. The lowest BCUT2D eigenvalue weighted by atomic mass is 10.2. The topological polar surface area (TPSA) is 42.3 Å². The number of amides is 2. The Morgan fingerprint density at radius 3 is 2.42 bits per heavy atom. The summed E-state index contributed by atoms with van der Waals surface area (Å²) >= 11 is 9.24. The molecule has 1 aliphatic heterocycles. The van der Waals surface area contributed by atoms with Gasteiger partial charge < -0.3 is 4.57 Å². The summed E-state index contributed by atoms with van der Waals surface area (Å²) in [5.74, 6) is -0.264. The van der Waals surface area contributed by atoms with E-state index in [2.05, 4.69) is 58.3 Å². The molecule has 2 amide bonds. The van der Waals surface area contributed by atoms with Crippen molar-refractivity contribution in [1.29, 1.82) is 0 Å². The van der Waals surface area contributed by atoms with E-state index in [9.17, 15) is 9.59 Å². The van der Waals surface area contributed by atoms with Crippen molar-refractivity contribution in [2.45, 2.75) is 27.3 Å². The molecule has 3 aromatic rings. The summed E-state index contributed by atoms with van der Waals surface area (Å²) in [7, 11) is 0. The van der Waals surface area contributed by atoms with Crippen molar-refractivity contribution in [2.24, 2.45) is 0 Å². The highest BCUT2D eigenvalue weighted by molar-refractivity contribution is 14.1. The summed E-state index contributed by atoms with van der Waals surface area (Å²) in [5.41, 5.74) is 6.21. The normalized spacial score (nSPS) is 15.4. The SMILES string of the molecule is Cc1cc(-n2c(C)cc(/C=C3\SC(=O)N(Cc4ccc(Cl)cc4)C3=O)c2C)ccc1I. The fourth-order valence-electron chi connectivity index (χ4n) is 3.65. The van der Waals surface area contributed by atoms with E-state index in [0.717, 1.165) is 40.0 Å². The number of benzene rings is 2. The second-order valence-electron chi connectivity index (χ2n) is 7.49. The van der Waals surface area contributed by atoms with E-state index in [-0.39, 0.29) is 17.7 Å². The second-order valence-corrected chi connectivity index (χ2v) is 10.1. The molecule has 0 atom stereocenters. The van der Waals surface area contributed by atoms with Gasteiger partial charge in [0, 0.05) is 25.7 Å². The standard InChI is InChI=1S/C24H20ClIN2O2S/c1-14-10-20(8-9-21(14)26)28-15(2)11-18(16(28)3)12-22-23(29)27(24(30)31-22)13-17-4-6-19(25)7-5-17/h4-12H,13H2,1-3H3/b22-12-. The molecule has 0 saturated carbocycles. The molecule has 0 unspecified atom stereocenters. The quantitative estimate of drug-likeness (QED) is 0.257. The number of imide groups is 1. The van der Waals surface area contributed by atoms with E-state index in [1.807, 2.05) is 32.1 Å². The Hall–Kier alpha value is -2.03. The van der Waals surface area contributed by atoms with E-state index < -0.39 is 0 Å². The summed E-state index contributed by atoms with van der Waals surface area (Å²) in [6.07, 6.45) is 1.82. The monoisotopic (exact) mass is 562 g/mol. The fourth-order valence-corrected chi connectivity index (χ4v) is 4.94. The van der Waals surface area contributed by atoms with Gasteiger partial charge in [-0.3, -0.25) is 14.5 Å². The molecule has 4 rings (SSSR count).